The van der Waals surface area contributed by atoms with Crippen LogP contribution in [0.2, 0.25) is 5.02 Å². The van der Waals surface area contributed by atoms with Gasteiger partial charge >= 0.3 is 0 Å². The molecule has 0 aliphatic carbocycles. The van der Waals surface area contributed by atoms with E-state index in [-0.39, 0.29) is 23.4 Å². The van der Waals surface area contributed by atoms with Crippen molar-refractivity contribution in [3.8, 4) is 0 Å². The molecular weight excluding hydrogens is 732 g/mol. The third-order valence-electron chi connectivity index (χ3n) is 9.37. The van der Waals surface area contributed by atoms with Crippen molar-refractivity contribution in [3.05, 3.63) is 94.5 Å². The van der Waals surface area contributed by atoms with Gasteiger partial charge < -0.3 is 20.4 Å². The summed E-state index contributed by atoms with van der Waals surface area (Å²) in [5.74, 6) is 0.0521. The van der Waals surface area contributed by atoms with Crippen LogP contribution in [0.4, 0.5) is 22.7 Å². The molecule has 53 heavy (non-hydrogen) atoms. The standard InChI is InChI=1S/C19H19ClN4O2S.C19H20N4O2S/c1-12(25)16-3-2-14(11-21-16)23-4-6-24(7-5-23)27-18-8-13-9-19(26)22-17(13)10-15(18)20;1-13(24)17-4-2-15(12-20-17)22-6-8-23(9-7-22)26-16-3-5-18-14(10-16)11-19(25)21-18/h2-3,8,10-11H,4-7,9H2,1H3,(H,22,26);2-5,10,12H,6-9,11H2,1H3,(H,21,25). The van der Waals surface area contributed by atoms with E-state index in [9.17, 15) is 19.2 Å². The van der Waals surface area contributed by atoms with E-state index in [1.165, 1.54) is 18.7 Å². The van der Waals surface area contributed by atoms with Crippen LogP contribution < -0.4 is 20.4 Å². The van der Waals surface area contributed by atoms with E-state index in [1.807, 2.05) is 30.3 Å². The Labute approximate surface area is 321 Å². The first-order valence-electron chi connectivity index (χ1n) is 17.4. The molecule has 2 amide bonds. The minimum atomic E-state index is -0.0223. The molecule has 0 saturated carbocycles. The molecule has 15 heteroatoms. The second kappa shape index (κ2) is 16.3. The highest BCUT2D eigenvalue weighted by Gasteiger charge is 2.24. The minimum absolute atomic E-state index is 0.0102. The zero-order valence-corrected chi connectivity index (χ0v) is 31.8. The number of nitrogens with zero attached hydrogens (tertiary/aromatic N) is 6. The highest BCUT2D eigenvalue weighted by Crippen LogP contribution is 2.37. The minimum Gasteiger partial charge on any atom is -0.368 e. The maximum absolute atomic E-state index is 11.5. The van der Waals surface area contributed by atoms with E-state index in [0.717, 1.165) is 91.1 Å². The molecule has 2 aromatic heterocycles. The highest BCUT2D eigenvalue weighted by molar-refractivity contribution is 7.97. The van der Waals surface area contributed by atoms with Crippen molar-refractivity contribution in [2.45, 2.75) is 36.5 Å². The first kappa shape index (κ1) is 36.9. The number of amides is 2. The van der Waals surface area contributed by atoms with Crippen LogP contribution in [0.15, 0.2) is 76.8 Å². The number of nitrogens with one attached hydrogen (secondary N) is 2. The van der Waals surface area contributed by atoms with E-state index in [0.29, 0.717) is 29.3 Å². The van der Waals surface area contributed by atoms with Gasteiger partial charge in [0.25, 0.3) is 0 Å². The number of carbonyl (C=O) groups excluding carboxylic acids is 4. The summed E-state index contributed by atoms with van der Waals surface area (Å²) in [6.07, 6.45) is 4.43. The molecular formula is C38H39ClN8O4S2. The van der Waals surface area contributed by atoms with Gasteiger partial charge in [0.15, 0.2) is 11.6 Å². The first-order chi connectivity index (χ1) is 25.6. The molecule has 0 bridgehead atoms. The van der Waals surface area contributed by atoms with Gasteiger partial charge in [-0.15, -0.1) is 0 Å². The molecule has 2 aromatic carbocycles. The molecule has 4 aliphatic rings. The summed E-state index contributed by atoms with van der Waals surface area (Å²) in [4.78, 5) is 60.9. The third-order valence-corrected chi connectivity index (χ3v) is 12.0. The first-order valence-corrected chi connectivity index (χ1v) is 19.3. The Hall–Kier alpha value is -4.47. The molecule has 0 radical (unpaired) electrons. The van der Waals surface area contributed by atoms with Gasteiger partial charge in [-0.3, -0.25) is 29.1 Å². The Balaban J connectivity index is 0.000000164. The van der Waals surface area contributed by atoms with Gasteiger partial charge in [-0.1, -0.05) is 11.6 Å². The number of pyridine rings is 2. The van der Waals surface area contributed by atoms with E-state index >= 15 is 0 Å². The lowest BCUT2D eigenvalue weighted by Crippen LogP contribution is -2.43. The number of rotatable bonds is 8. The van der Waals surface area contributed by atoms with Crippen LogP contribution >= 0.6 is 35.5 Å². The van der Waals surface area contributed by atoms with Crippen LogP contribution in [0, 0.1) is 0 Å². The Morgan fingerprint density at radius 3 is 1.66 bits per heavy atom. The normalized spacial score (nSPS) is 17.0. The number of benzene rings is 2. The topological polar surface area (TPSA) is 131 Å². The number of halogens is 1. The zero-order chi connectivity index (χ0) is 37.1. The number of fused-ring (bicyclic) bond motifs is 2. The van der Waals surface area contributed by atoms with Crippen LogP contribution in [-0.4, -0.2) is 94.3 Å². The van der Waals surface area contributed by atoms with Gasteiger partial charge in [0.05, 0.1) is 41.6 Å². The lowest BCUT2D eigenvalue weighted by atomic mass is 10.2. The number of piperazine rings is 2. The number of anilines is 4. The Morgan fingerprint density at radius 2 is 1.15 bits per heavy atom. The van der Waals surface area contributed by atoms with Crippen molar-refractivity contribution < 1.29 is 19.2 Å². The number of aromatic nitrogens is 2. The van der Waals surface area contributed by atoms with Gasteiger partial charge in [0.1, 0.15) is 11.4 Å². The number of carbonyl (C=O) groups is 4. The number of Topliss-reactive ketones (excluding diaryl/α,β-unsaturated/α-hetero) is 2. The molecule has 2 saturated heterocycles. The number of hydrogen-bond donors (Lipinski definition) is 2. The lowest BCUT2D eigenvalue weighted by Gasteiger charge is -2.35. The van der Waals surface area contributed by atoms with Crippen LogP contribution in [0.25, 0.3) is 0 Å². The molecule has 274 valence electrons. The van der Waals surface area contributed by atoms with Gasteiger partial charge in [-0.25, -0.2) is 8.61 Å². The monoisotopic (exact) mass is 770 g/mol. The molecule has 8 rings (SSSR count). The third kappa shape index (κ3) is 9.02. The molecule has 0 spiro atoms. The SMILES string of the molecule is CC(=O)c1ccc(N2CCN(Sc3cc4c(cc3Cl)NC(=O)C4)CC2)cn1.CC(=O)c1ccc(N2CCN(Sc3ccc4c(c3)CC(=O)N4)CC2)cn1. The molecule has 2 fully saturated rings. The summed E-state index contributed by atoms with van der Waals surface area (Å²) >= 11 is 9.77. The largest absolute Gasteiger partial charge is 0.368 e. The number of ketones is 2. The van der Waals surface area contributed by atoms with Crippen molar-refractivity contribution in [2.24, 2.45) is 0 Å². The summed E-state index contributed by atoms with van der Waals surface area (Å²) in [6, 6.07) is 17.5. The molecule has 2 N–H and O–H groups in total. The quantitative estimate of drug-likeness (QED) is 0.164. The summed E-state index contributed by atoms with van der Waals surface area (Å²) < 4.78 is 4.63. The predicted molar refractivity (Wildman–Crippen MR) is 210 cm³/mol. The fraction of sp³-hybridized carbons (Fsp3) is 0.316. The Bertz CT molecular complexity index is 2030. The van der Waals surface area contributed by atoms with E-state index in [4.69, 9.17) is 11.6 Å². The predicted octanol–water partition coefficient (Wildman–Crippen LogP) is 5.87. The van der Waals surface area contributed by atoms with E-state index < -0.39 is 0 Å². The smallest absolute Gasteiger partial charge is 0.228 e. The van der Waals surface area contributed by atoms with E-state index in [2.05, 4.69) is 51.1 Å². The molecule has 4 aliphatic heterocycles. The molecule has 0 unspecified atom stereocenters. The maximum Gasteiger partial charge on any atom is 0.228 e. The molecule has 0 atom stereocenters. The van der Waals surface area contributed by atoms with Crippen molar-refractivity contribution >= 4 is 81.6 Å². The van der Waals surface area contributed by atoms with Gasteiger partial charge in [0.2, 0.25) is 11.8 Å². The van der Waals surface area contributed by atoms with Crippen LogP contribution in [0.5, 0.6) is 0 Å². The second-order valence-electron chi connectivity index (χ2n) is 13.1. The van der Waals surface area contributed by atoms with Crippen LogP contribution in [0.3, 0.4) is 0 Å². The summed E-state index contributed by atoms with van der Waals surface area (Å²) in [7, 11) is 0. The van der Waals surface area contributed by atoms with Crippen molar-refractivity contribution in [1.82, 2.24) is 18.6 Å². The average molecular weight is 771 g/mol. The second-order valence-corrected chi connectivity index (χ2v) is 15.9. The summed E-state index contributed by atoms with van der Waals surface area (Å²) in [5, 5.41) is 6.35. The molecule has 4 aromatic rings. The molecule has 12 nitrogen and oxygen atoms in total. The fourth-order valence-electron chi connectivity index (χ4n) is 6.48. The van der Waals surface area contributed by atoms with Crippen LogP contribution in [-0.2, 0) is 22.4 Å². The lowest BCUT2D eigenvalue weighted by molar-refractivity contribution is -0.115. The van der Waals surface area contributed by atoms with Gasteiger partial charge in [-0.2, -0.15) is 0 Å². The zero-order valence-electron chi connectivity index (χ0n) is 29.4. The van der Waals surface area contributed by atoms with Crippen LogP contribution in [0.1, 0.15) is 46.0 Å². The highest BCUT2D eigenvalue weighted by atomic mass is 35.5. The van der Waals surface area contributed by atoms with Gasteiger partial charge in [0, 0.05) is 87.4 Å². The Kier molecular flexibility index (Phi) is 11.3. The summed E-state index contributed by atoms with van der Waals surface area (Å²) in [5.41, 5.74) is 6.93. The summed E-state index contributed by atoms with van der Waals surface area (Å²) in [6.45, 7) is 10.3. The maximum atomic E-state index is 11.5. The fourth-order valence-corrected chi connectivity index (χ4v) is 8.68. The van der Waals surface area contributed by atoms with Crippen molar-refractivity contribution in [1.29, 1.82) is 0 Å². The average Bonchev–Trinajstić information content (AvgIpc) is 3.72. The van der Waals surface area contributed by atoms with Crippen molar-refractivity contribution in [3.63, 3.8) is 0 Å². The van der Waals surface area contributed by atoms with Gasteiger partial charge in [-0.05, 0) is 89.6 Å². The van der Waals surface area contributed by atoms with E-state index in [1.54, 1.807) is 48.4 Å². The Morgan fingerprint density at radius 1 is 0.642 bits per heavy atom. The molecule has 6 heterocycles. The van der Waals surface area contributed by atoms with Crippen molar-refractivity contribution in [2.75, 3.05) is 72.8 Å². The number of hydrogen-bond acceptors (Lipinski definition) is 12.